The van der Waals surface area contributed by atoms with Gasteiger partial charge in [-0.3, -0.25) is 4.79 Å². The fraction of sp³-hybridized carbons (Fsp3) is 0.652. The summed E-state index contributed by atoms with van der Waals surface area (Å²) in [4.78, 5) is 12.9. The van der Waals surface area contributed by atoms with Crippen LogP contribution in [0.2, 0.25) is 0 Å². The standard InChI is InChI=1S/C23H31N3O3S/c1-16(23-13-17-10-18(14-23)12-19(11-17)15-23)24-25-22(27)20-4-6-21(7-5-20)30(28,29)26-8-2-3-9-26/h4-7,17-19H,2-3,8-15H2,1H3,(H,25,27)/b24-16-. The molecule has 162 valence electrons. The first-order chi connectivity index (χ1) is 14.4. The van der Waals surface area contributed by atoms with Gasteiger partial charge in [0.05, 0.1) is 4.90 Å². The molecule has 0 unspecified atom stereocenters. The lowest BCUT2D eigenvalue weighted by Gasteiger charge is -2.56. The lowest BCUT2D eigenvalue weighted by Crippen LogP contribution is -2.49. The Hall–Kier alpha value is -1.73. The minimum Gasteiger partial charge on any atom is -0.267 e. The SMILES string of the molecule is C/C(=N/NC(=O)c1ccc(S(=O)(=O)N2CCCC2)cc1)C12CC3CC(CC(C3)C1)C2. The van der Waals surface area contributed by atoms with E-state index in [4.69, 9.17) is 0 Å². The first-order valence-electron chi connectivity index (χ1n) is 11.3. The molecule has 0 spiro atoms. The van der Waals surface area contributed by atoms with Crippen LogP contribution in [0.1, 0.15) is 68.6 Å². The van der Waals surface area contributed by atoms with Gasteiger partial charge in [-0.2, -0.15) is 9.41 Å². The molecule has 6 nitrogen and oxygen atoms in total. The van der Waals surface area contributed by atoms with Gasteiger partial charge >= 0.3 is 0 Å². The molecule has 0 aromatic heterocycles. The van der Waals surface area contributed by atoms with Crippen molar-refractivity contribution >= 4 is 21.6 Å². The number of hydrogen-bond acceptors (Lipinski definition) is 4. The molecule has 0 radical (unpaired) electrons. The van der Waals surface area contributed by atoms with E-state index in [-0.39, 0.29) is 16.2 Å². The zero-order chi connectivity index (χ0) is 20.9. The summed E-state index contributed by atoms with van der Waals surface area (Å²) in [5.74, 6) is 2.22. The molecule has 5 fully saturated rings. The summed E-state index contributed by atoms with van der Waals surface area (Å²) >= 11 is 0. The summed E-state index contributed by atoms with van der Waals surface area (Å²) in [5, 5.41) is 4.52. The van der Waals surface area contributed by atoms with Gasteiger partial charge in [-0.05, 0) is 100 Å². The maximum Gasteiger partial charge on any atom is 0.271 e. The Balaban J connectivity index is 1.27. The zero-order valence-electron chi connectivity index (χ0n) is 17.6. The number of nitrogens with one attached hydrogen (secondary N) is 1. The van der Waals surface area contributed by atoms with Crippen LogP contribution < -0.4 is 5.43 Å². The molecule has 1 aliphatic heterocycles. The largest absolute Gasteiger partial charge is 0.271 e. The van der Waals surface area contributed by atoms with Crippen LogP contribution in [0.15, 0.2) is 34.3 Å². The van der Waals surface area contributed by atoms with Gasteiger partial charge in [-0.15, -0.1) is 0 Å². The quantitative estimate of drug-likeness (QED) is 0.571. The molecule has 1 saturated heterocycles. The van der Waals surface area contributed by atoms with Crippen molar-refractivity contribution in [1.82, 2.24) is 9.73 Å². The molecule has 1 amide bonds. The molecule has 1 aromatic rings. The number of rotatable bonds is 5. The number of amides is 1. The smallest absolute Gasteiger partial charge is 0.267 e. The Labute approximate surface area is 179 Å². The van der Waals surface area contributed by atoms with E-state index in [9.17, 15) is 13.2 Å². The number of hydrazone groups is 1. The summed E-state index contributed by atoms with van der Waals surface area (Å²) in [6.45, 7) is 3.21. The van der Waals surface area contributed by atoms with Gasteiger partial charge in [0.2, 0.25) is 10.0 Å². The number of carbonyl (C=O) groups is 1. The van der Waals surface area contributed by atoms with E-state index in [1.54, 1.807) is 12.1 Å². The van der Waals surface area contributed by atoms with Crippen LogP contribution in [0.3, 0.4) is 0 Å². The van der Waals surface area contributed by atoms with Gasteiger partial charge in [0.1, 0.15) is 0 Å². The van der Waals surface area contributed by atoms with E-state index in [1.807, 2.05) is 0 Å². The molecule has 0 atom stereocenters. The molecular weight excluding hydrogens is 398 g/mol. The van der Waals surface area contributed by atoms with E-state index < -0.39 is 10.0 Å². The maximum absolute atomic E-state index is 12.6. The summed E-state index contributed by atoms with van der Waals surface area (Å²) in [6.07, 6.45) is 9.60. The highest BCUT2D eigenvalue weighted by Crippen LogP contribution is 2.60. The second-order valence-electron chi connectivity index (χ2n) is 9.97. The topological polar surface area (TPSA) is 78.8 Å². The third kappa shape index (κ3) is 3.50. The van der Waals surface area contributed by atoms with Crippen molar-refractivity contribution in [2.75, 3.05) is 13.1 Å². The molecule has 30 heavy (non-hydrogen) atoms. The Bertz CT molecular complexity index is 927. The average Bonchev–Trinajstić information content (AvgIpc) is 3.26. The lowest BCUT2D eigenvalue weighted by atomic mass is 9.48. The van der Waals surface area contributed by atoms with Crippen LogP contribution >= 0.6 is 0 Å². The monoisotopic (exact) mass is 429 g/mol. The van der Waals surface area contributed by atoms with Gasteiger partial charge in [0.15, 0.2) is 0 Å². The number of benzene rings is 1. The Morgan fingerprint density at radius 3 is 2.07 bits per heavy atom. The first kappa shape index (κ1) is 20.2. The predicted octanol–water partition coefficient (Wildman–Crippen LogP) is 3.79. The lowest BCUT2D eigenvalue weighted by molar-refractivity contribution is -0.0128. The summed E-state index contributed by atoms with van der Waals surface area (Å²) < 4.78 is 26.8. The molecule has 4 aliphatic carbocycles. The Morgan fingerprint density at radius 2 is 1.53 bits per heavy atom. The second kappa shape index (κ2) is 7.45. The molecule has 1 aromatic carbocycles. The van der Waals surface area contributed by atoms with E-state index in [0.717, 1.165) is 36.3 Å². The summed E-state index contributed by atoms with van der Waals surface area (Å²) in [6, 6.07) is 6.21. The van der Waals surface area contributed by atoms with Crippen LogP contribution in [-0.4, -0.2) is 37.4 Å². The van der Waals surface area contributed by atoms with Gasteiger partial charge < -0.3 is 0 Å². The van der Waals surface area contributed by atoms with Crippen LogP contribution in [0, 0.1) is 23.2 Å². The molecule has 4 saturated carbocycles. The fourth-order valence-corrected chi connectivity index (χ4v) is 8.24. The highest BCUT2D eigenvalue weighted by atomic mass is 32.2. The van der Waals surface area contributed by atoms with Crippen LogP contribution in [0.5, 0.6) is 0 Å². The van der Waals surface area contributed by atoms with Crippen molar-refractivity contribution in [2.45, 2.75) is 63.2 Å². The normalized spacial score (nSPS) is 33.8. The Kier molecular flexibility index (Phi) is 5.01. The molecule has 5 aliphatic rings. The van der Waals surface area contributed by atoms with Gasteiger partial charge in [-0.25, -0.2) is 13.8 Å². The van der Waals surface area contributed by atoms with E-state index in [2.05, 4.69) is 17.5 Å². The van der Waals surface area contributed by atoms with Crippen molar-refractivity contribution in [3.05, 3.63) is 29.8 Å². The number of hydrogen-bond donors (Lipinski definition) is 1. The fourth-order valence-electron chi connectivity index (χ4n) is 6.73. The van der Waals surface area contributed by atoms with Gasteiger partial charge in [-0.1, -0.05) is 0 Å². The maximum atomic E-state index is 12.6. The zero-order valence-corrected chi connectivity index (χ0v) is 18.5. The molecule has 7 heteroatoms. The highest BCUT2D eigenvalue weighted by molar-refractivity contribution is 7.89. The van der Waals surface area contributed by atoms with Crippen LogP contribution in [0.4, 0.5) is 0 Å². The van der Waals surface area contributed by atoms with Gasteiger partial charge in [0, 0.05) is 29.8 Å². The highest BCUT2D eigenvalue weighted by Gasteiger charge is 2.52. The molecule has 1 heterocycles. The number of sulfonamides is 1. The number of carbonyl (C=O) groups excluding carboxylic acids is 1. The molecule has 1 N–H and O–H groups in total. The molecule has 4 bridgehead atoms. The third-order valence-electron chi connectivity index (χ3n) is 7.95. The number of nitrogens with zero attached hydrogens (tertiary/aromatic N) is 2. The van der Waals surface area contributed by atoms with Crippen molar-refractivity contribution in [2.24, 2.45) is 28.3 Å². The van der Waals surface area contributed by atoms with Crippen LogP contribution in [0.25, 0.3) is 0 Å². The average molecular weight is 430 g/mol. The minimum absolute atomic E-state index is 0.176. The van der Waals surface area contributed by atoms with Crippen molar-refractivity contribution in [3.8, 4) is 0 Å². The summed E-state index contributed by atoms with van der Waals surface area (Å²) in [7, 11) is -3.46. The summed E-state index contributed by atoms with van der Waals surface area (Å²) in [5.41, 5.74) is 4.39. The van der Waals surface area contributed by atoms with Crippen molar-refractivity contribution in [1.29, 1.82) is 0 Å². The predicted molar refractivity (Wildman–Crippen MR) is 116 cm³/mol. The second-order valence-corrected chi connectivity index (χ2v) is 11.9. The third-order valence-corrected chi connectivity index (χ3v) is 9.86. The molecule has 6 rings (SSSR count). The van der Waals surface area contributed by atoms with E-state index >= 15 is 0 Å². The van der Waals surface area contributed by atoms with E-state index in [0.29, 0.717) is 18.7 Å². The van der Waals surface area contributed by atoms with Crippen molar-refractivity contribution in [3.63, 3.8) is 0 Å². The Morgan fingerprint density at radius 1 is 1.00 bits per heavy atom. The van der Waals surface area contributed by atoms with Crippen molar-refractivity contribution < 1.29 is 13.2 Å². The van der Waals surface area contributed by atoms with Gasteiger partial charge in [0.25, 0.3) is 5.91 Å². The molecular formula is C23H31N3O3S. The first-order valence-corrected chi connectivity index (χ1v) is 12.8. The minimum atomic E-state index is -3.46. The van der Waals surface area contributed by atoms with Crippen LogP contribution in [-0.2, 0) is 10.0 Å². The van der Waals surface area contributed by atoms with E-state index in [1.165, 1.54) is 55.0 Å².